The minimum absolute atomic E-state index is 0.0208. The second-order valence-corrected chi connectivity index (χ2v) is 8.65. The topological polar surface area (TPSA) is 32.3 Å². The quantitative estimate of drug-likeness (QED) is 0.619. The number of amides is 1. The molecule has 3 rings (SSSR count). The number of aryl methyl sites for hydroxylation is 1. The van der Waals surface area contributed by atoms with Gasteiger partial charge in [-0.1, -0.05) is 48.3 Å². The van der Waals surface area contributed by atoms with E-state index in [9.17, 15) is 4.79 Å². The third kappa shape index (κ3) is 5.65. The van der Waals surface area contributed by atoms with Crippen LogP contribution in [0.3, 0.4) is 0 Å². The maximum Gasteiger partial charge on any atom is 0.220 e. The molecule has 1 saturated heterocycles. The van der Waals surface area contributed by atoms with E-state index in [1.807, 2.05) is 13.0 Å². The van der Waals surface area contributed by atoms with Gasteiger partial charge in [-0.2, -0.15) is 0 Å². The molecule has 0 aliphatic carbocycles. The first-order valence-electron chi connectivity index (χ1n) is 10.0. The molecule has 5 heteroatoms. The highest BCUT2D eigenvalue weighted by Gasteiger charge is 2.17. The summed E-state index contributed by atoms with van der Waals surface area (Å²) in [6.45, 7) is 6.59. The number of anilines is 1. The summed E-state index contributed by atoms with van der Waals surface area (Å²) in [4.78, 5) is 14.8. The van der Waals surface area contributed by atoms with Gasteiger partial charge in [0.25, 0.3) is 0 Å². The lowest BCUT2D eigenvalue weighted by Crippen LogP contribution is -2.34. The standard InChI is InChI=1S/C23H28Cl2N2O/c1-16-4-3-13-27(15-16)21-10-6-18(7-11-21)17(2)26-23(28)12-8-19-5-9-20(24)14-22(19)25/h5-7,9-11,14,16-17H,3-4,8,12-13,15H2,1-2H3,(H,26,28). The van der Waals surface area contributed by atoms with Crippen molar-refractivity contribution >= 4 is 34.8 Å². The number of rotatable bonds is 6. The lowest BCUT2D eigenvalue weighted by Gasteiger charge is -2.33. The Morgan fingerprint density at radius 3 is 2.64 bits per heavy atom. The Morgan fingerprint density at radius 2 is 1.96 bits per heavy atom. The Balaban J connectivity index is 1.52. The fourth-order valence-electron chi connectivity index (χ4n) is 3.77. The number of nitrogens with one attached hydrogen (secondary N) is 1. The Morgan fingerprint density at radius 1 is 1.21 bits per heavy atom. The van der Waals surface area contributed by atoms with Crippen LogP contribution in [0, 0.1) is 5.92 Å². The monoisotopic (exact) mass is 418 g/mol. The van der Waals surface area contributed by atoms with Crippen LogP contribution >= 0.6 is 23.2 Å². The van der Waals surface area contributed by atoms with E-state index in [1.165, 1.54) is 18.5 Å². The third-order valence-corrected chi connectivity index (χ3v) is 6.02. The summed E-state index contributed by atoms with van der Waals surface area (Å²) < 4.78 is 0. The summed E-state index contributed by atoms with van der Waals surface area (Å²) in [5.41, 5.74) is 3.33. The van der Waals surface area contributed by atoms with Gasteiger partial charge in [-0.05, 0) is 67.5 Å². The van der Waals surface area contributed by atoms with Crippen LogP contribution in [0.1, 0.15) is 50.3 Å². The Bertz CT molecular complexity index is 807. The molecule has 2 aromatic rings. The molecular formula is C23H28Cl2N2O. The maximum atomic E-state index is 12.3. The van der Waals surface area contributed by atoms with Gasteiger partial charge in [-0.3, -0.25) is 4.79 Å². The maximum absolute atomic E-state index is 12.3. The fourth-order valence-corrected chi connectivity index (χ4v) is 4.27. The molecule has 0 spiro atoms. The van der Waals surface area contributed by atoms with Crippen LogP contribution in [0.4, 0.5) is 5.69 Å². The van der Waals surface area contributed by atoms with E-state index >= 15 is 0 Å². The van der Waals surface area contributed by atoms with Crippen LogP contribution in [0.25, 0.3) is 0 Å². The van der Waals surface area contributed by atoms with Crippen molar-refractivity contribution in [2.75, 3.05) is 18.0 Å². The number of carbonyl (C=O) groups is 1. The zero-order valence-electron chi connectivity index (χ0n) is 16.6. The number of hydrogen-bond acceptors (Lipinski definition) is 2. The van der Waals surface area contributed by atoms with Gasteiger partial charge < -0.3 is 10.2 Å². The van der Waals surface area contributed by atoms with Crippen LogP contribution in [0.2, 0.25) is 10.0 Å². The van der Waals surface area contributed by atoms with Gasteiger partial charge in [-0.15, -0.1) is 0 Å². The summed E-state index contributed by atoms with van der Waals surface area (Å²) in [5.74, 6) is 0.772. The van der Waals surface area contributed by atoms with Gasteiger partial charge in [-0.25, -0.2) is 0 Å². The number of halogens is 2. The molecular weight excluding hydrogens is 391 g/mol. The van der Waals surface area contributed by atoms with Gasteiger partial charge >= 0.3 is 0 Å². The number of piperidine rings is 1. The van der Waals surface area contributed by atoms with Gasteiger partial charge in [0.15, 0.2) is 0 Å². The first-order valence-corrected chi connectivity index (χ1v) is 10.8. The summed E-state index contributed by atoms with van der Waals surface area (Å²) in [5, 5.41) is 4.29. The fraction of sp³-hybridized carbons (Fsp3) is 0.435. The van der Waals surface area contributed by atoms with Crippen molar-refractivity contribution in [3.05, 3.63) is 63.6 Å². The van der Waals surface area contributed by atoms with Gasteiger partial charge in [0.1, 0.15) is 0 Å². The van der Waals surface area contributed by atoms with E-state index in [2.05, 4.69) is 41.4 Å². The Labute approximate surface area is 178 Å². The van der Waals surface area contributed by atoms with E-state index in [1.54, 1.807) is 12.1 Å². The van der Waals surface area contributed by atoms with E-state index in [0.717, 1.165) is 30.1 Å². The molecule has 0 saturated carbocycles. The predicted octanol–water partition coefficient (Wildman–Crippen LogP) is 6.04. The molecule has 1 amide bonds. The molecule has 2 aromatic carbocycles. The van der Waals surface area contributed by atoms with Crippen LogP contribution < -0.4 is 10.2 Å². The number of carbonyl (C=O) groups excluding carboxylic acids is 1. The summed E-state index contributed by atoms with van der Waals surface area (Å²) in [6.07, 6.45) is 3.57. The van der Waals surface area contributed by atoms with Crippen LogP contribution in [0.15, 0.2) is 42.5 Å². The molecule has 0 radical (unpaired) electrons. The average Bonchev–Trinajstić information content (AvgIpc) is 2.67. The highest BCUT2D eigenvalue weighted by molar-refractivity contribution is 6.35. The lowest BCUT2D eigenvalue weighted by atomic mass is 9.99. The first-order chi connectivity index (χ1) is 13.4. The SMILES string of the molecule is CC1CCCN(c2ccc(C(C)NC(=O)CCc3ccc(Cl)cc3Cl)cc2)C1. The molecule has 1 N–H and O–H groups in total. The molecule has 1 heterocycles. The summed E-state index contributed by atoms with van der Waals surface area (Å²) in [6, 6.07) is 13.9. The zero-order valence-corrected chi connectivity index (χ0v) is 18.1. The second kappa shape index (κ2) is 9.67. The van der Waals surface area contributed by atoms with E-state index < -0.39 is 0 Å². The lowest BCUT2D eigenvalue weighted by molar-refractivity contribution is -0.121. The van der Waals surface area contributed by atoms with E-state index in [-0.39, 0.29) is 11.9 Å². The van der Waals surface area contributed by atoms with Crippen LogP contribution in [0.5, 0.6) is 0 Å². The highest BCUT2D eigenvalue weighted by Crippen LogP contribution is 2.25. The normalized spacial score (nSPS) is 18.0. The average molecular weight is 419 g/mol. The van der Waals surface area contributed by atoms with Crippen molar-refractivity contribution < 1.29 is 4.79 Å². The molecule has 1 aliphatic rings. The summed E-state index contributed by atoms with van der Waals surface area (Å²) in [7, 11) is 0. The molecule has 1 aliphatic heterocycles. The molecule has 2 unspecified atom stereocenters. The predicted molar refractivity (Wildman–Crippen MR) is 118 cm³/mol. The molecule has 1 fully saturated rings. The highest BCUT2D eigenvalue weighted by atomic mass is 35.5. The van der Waals surface area contributed by atoms with Gasteiger partial charge in [0.2, 0.25) is 5.91 Å². The molecule has 2 atom stereocenters. The Hall–Kier alpha value is -1.71. The molecule has 0 aromatic heterocycles. The molecule has 0 bridgehead atoms. The molecule has 28 heavy (non-hydrogen) atoms. The first kappa shape index (κ1) is 21.0. The summed E-state index contributed by atoms with van der Waals surface area (Å²) >= 11 is 12.1. The van der Waals surface area contributed by atoms with Crippen molar-refractivity contribution in [3.8, 4) is 0 Å². The largest absolute Gasteiger partial charge is 0.371 e. The molecule has 150 valence electrons. The van der Waals surface area contributed by atoms with Crippen molar-refractivity contribution in [2.24, 2.45) is 5.92 Å². The number of hydrogen-bond donors (Lipinski definition) is 1. The van der Waals surface area contributed by atoms with Crippen LogP contribution in [-0.2, 0) is 11.2 Å². The van der Waals surface area contributed by atoms with Crippen molar-refractivity contribution in [1.82, 2.24) is 5.32 Å². The number of nitrogens with zero attached hydrogens (tertiary/aromatic N) is 1. The van der Waals surface area contributed by atoms with Crippen molar-refractivity contribution in [3.63, 3.8) is 0 Å². The Kier molecular flexibility index (Phi) is 7.25. The van der Waals surface area contributed by atoms with Gasteiger partial charge in [0.05, 0.1) is 6.04 Å². The number of benzene rings is 2. The smallest absolute Gasteiger partial charge is 0.220 e. The van der Waals surface area contributed by atoms with Crippen LogP contribution in [-0.4, -0.2) is 19.0 Å². The van der Waals surface area contributed by atoms with Crippen molar-refractivity contribution in [1.29, 1.82) is 0 Å². The van der Waals surface area contributed by atoms with E-state index in [4.69, 9.17) is 23.2 Å². The third-order valence-electron chi connectivity index (χ3n) is 5.43. The minimum Gasteiger partial charge on any atom is -0.371 e. The zero-order chi connectivity index (χ0) is 20.1. The molecule has 3 nitrogen and oxygen atoms in total. The van der Waals surface area contributed by atoms with Gasteiger partial charge in [0, 0.05) is 35.2 Å². The second-order valence-electron chi connectivity index (χ2n) is 7.81. The van der Waals surface area contributed by atoms with E-state index in [0.29, 0.717) is 22.9 Å². The van der Waals surface area contributed by atoms with Crippen molar-refractivity contribution in [2.45, 2.75) is 45.6 Å². The minimum atomic E-state index is -0.0254.